The van der Waals surface area contributed by atoms with Crippen molar-refractivity contribution in [1.29, 1.82) is 0 Å². The van der Waals surface area contributed by atoms with E-state index in [2.05, 4.69) is 15.8 Å². The van der Waals surface area contributed by atoms with Gasteiger partial charge < -0.3 is 15.2 Å². The topological polar surface area (TPSA) is 100 Å². The first-order valence-corrected chi connectivity index (χ1v) is 7.28. The van der Waals surface area contributed by atoms with Crippen molar-refractivity contribution in [1.82, 2.24) is 5.43 Å². The third-order valence-corrected chi connectivity index (χ3v) is 2.92. The molecule has 0 saturated heterocycles. The average Bonchev–Trinajstić information content (AvgIpc) is 2.63. The lowest BCUT2D eigenvalue weighted by Crippen LogP contribution is -2.20. The molecule has 7 nitrogen and oxygen atoms in total. The summed E-state index contributed by atoms with van der Waals surface area (Å²) in [5.74, 6) is -0.882. The number of ether oxygens (including phenoxy) is 1. The van der Waals surface area contributed by atoms with Gasteiger partial charge in [0, 0.05) is 5.69 Å². The predicted molar refractivity (Wildman–Crippen MR) is 89.8 cm³/mol. The van der Waals surface area contributed by atoms with Crippen molar-refractivity contribution in [3.8, 4) is 5.75 Å². The number of carbonyl (C=O) groups is 2. The number of carbonyl (C=O) groups excluding carboxylic acids is 2. The molecule has 0 aromatic heterocycles. The summed E-state index contributed by atoms with van der Waals surface area (Å²) in [5, 5.41) is 14.8. The number of hydrogen-bond acceptors (Lipinski definition) is 5. The average molecular weight is 345 g/mol. The highest BCUT2D eigenvalue weighted by atomic mass is 19.1. The number of rotatable bonds is 7. The molecule has 0 unspecified atom stereocenters. The summed E-state index contributed by atoms with van der Waals surface area (Å²) < 4.78 is 18.1. The Morgan fingerprint density at radius 1 is 1.08 bits per heavy atom. The van der Waals surface area contributed by atoms with Crippen LogP contribution in [0.4, 0.5) is 10.1 Å². The number of hydrazone groups is 1. The van der Waals surface area contributed by atoms with Crippen LogP contribution in [0.15, 0.2) is 53.6 Å². The van der Waals surface area contributed by atoms with Crippen LogP contribution in [-0.2, 0) is 9.59 Å². The number of halogens is 1. The highest BCUT2D eigenvalue weighted by Gasteiger charge is 2.04. The lowest BCUT2D eigenvalue weighted by Gasteiger charge is -2.07. The molecule has 0 fully saturated rings. The molecule has 0 aliphatic carbocycles. The molecule has 2 rings (SSSR count). The minimum absolute atomic E-state index is 0.197. The van der Waals surface area contributed by atoms with Crippen LogP contribution < -0.4 is 15.5 Å². The number of amides is 2. The van der Waals surface area contributed by atoms with E-state index in [0.29, 0.717) is 17.0 Å². The van der Waals surface area contributed by atoms with E-state index >= 15 is 0 Å². The van der Waals surface area contributed by atoms with E-state index < -0.39 is 12.5 Å². The van der Waals surface area contributed by atoms with Gasteiger partial charge in [0.25, 0.3) is 11.8 Å². The fraction of sp³-hybridized carbons (Fsp3) is 0.118. The largest absolute Gasteiger partial charge is 0.484 e. The van der Waals surface area contributed by atoms with Gasteiger partial charge in [-0.1, -0.05) is 0 Å². The molecule has 0 atom stereocenters. The van der Waals surface area contributed by atoms with Gasteiger partial charge >= 0.3 is 0 Å². The molecular weight excluding hydrogens is 329 g/mol. The maximum absolute atomic E-state index is 12.8. The van der Waals surface area contributed by atoms with E-state index in [1.54, 1.807) is 24.3 Å². The first-order valence-electron chi connectivity index (χ1n) is 7.28. The van der Waals surface area contributed by atoms with Crippen LogP contribution in [0.1, 0.15) is 5.56 Å². The fourth-order valence-corrected chi connectivity index (χ4v) is 1.74. The molecule has 2 amide bonds. The van der Waals surface area contributed by atoms with Crippen molar-refractivity contribution in [3.63, 3.8) is 0 Å². The first kappa shape index (κ1) is 18.1. The number of aliphatic hydroxyl groups excluding tert-OH is 1. The normalized spacial score (nSPS) is 10.5. The number of benzene rings is 2. The minimum atomic E-state index is -0.635. The van der Waals surface area contributed by atoms with Gasteiger partial charge in [-0.15, -0.1) is 0 Å². The molecule has 8 heteroatoms. The maximum Gasteiger partial charge on any atom is 0.265 e. The zero-order chi connectivity index (χ0) is 18.1. The van der Waals surface area contributed by atoms with Gasteiger partial charge in [-0.25, -0.2) is 9.82 Å². The number of anilines is 1. The second-order valence-electron chi connectivity index (χ2n) is 4.86. The van der Waals surface area contributed by atoms with Crippen LogP contribution in [0, 0.1) is 5.82 Å². The minimum Gasteiger partial charge on any atom is -0.484 e. The quantitative estimate of drug-likeness (QED) is 0.520. The molecule has 0 spiro atoms. The van der Waals surface area contributed by atoms with Crippen molar-refractivity contribution >= 4 is 23.7 Å². The highest BCUT2D eigenvalue weighted by Crippen LogP contribution is 2.12. The van der Waals surface area contributed by atoms with Gasteiger partial charge in [0.1, 0.15) is 18.2 Å². The van der Waals surface area contributed by atoms with E-state index in [1.807, 2.05) is 0 Å². The van der Waals surface area contributed by atoms with Crippen molar-refractivity contribution < 1.29 is 23.8 Å². The summed E-state index contributed by atoms with van der Waals surface area (Å²) in [6.45, 7) is -0.832. The van der Waals surface area contributed by atoms with Crippen LogP contribution in [0.25, 0.3) is 0 Å². The van der Waals surface area contributed by atoms with E-state index in [4.69, 9.17) is 9.84 Å². The lowest BCUT2D eigenvalue weighted by atomic mass is 10.2. The lowest BCUT2D eigenvalue weighted by molar-refractivity contribution is -0.123. The molecule has 0 aliphatic rings. The van der Waals surface area contributed by atoms with E-state index in [1.165, 1.54) is 30.5 Å². The van der Waals surface area contributed by atoms with Crippen LogP contribution >= 0.6 is 0 Å². The SMILES string of the molecule is O=C(CO)N/N=C/c1ccc(OCC(=O)Nc2ccc(F)cc2)cc1. The number of hydrogen-bond donors (Lipinski definition) is 3. The summed E-state index contributed by atoms with van der Waals surface area (Å²) in [5.41, 5.74) is 3.31. The Morgan fingerprint density at radius 2 is 1.76 bits per heavy atom. The second kappa shape index (κ2) is 9.14. The zero-order valence-corrected chi connectivity index (χ0v) is 13.1. The van der Waals surface area contributed by atoms with Crippen molar-refractivity contribution in [2.45, 2.75) is 0 Å². The van der Waals surface area contributed by atoms with Gasteiger partial charge in [0.2, 0.25) is 0 Å². The third-order valence-electron chi connectivity index (χ3n) is 2.92. The molecule has 0 bridgehead atoms. The second-order valence-corrected chi connectivity index (χ2v) is 4.86. The van der Waals surface area contributed by atoms with Gasteiger partial charge in [-0.3, -0.25) is 9.59 Å². The van der Waals surface area contributed by atoms with Crippen LogP contribution in [0.5, 0.6) is 5.75 Å². The molecule has 0 saturated carbocycles. The van der Waals surface area contributed by atoms with Gasteiger partial charge in [-0.05, 0) is 54.1 Å². The standard InChI is InChI=1S/C17H16FN3O4/c18-13-3-5-14(6-4-13)20-17(24)11-25-15-7-1-12(2-8-15)9-19-21-16(23)10-22/h1-9,22H,10-11H2,(H,20,24)(H,21,23)/b19-9+. The number of nitrogens with one attached hydrogen (secondary N) is 2. The monoisotopic (exact) mass is 345 g/mol. The van der Waals surface area contributed by atoms with Crippen LogP contribution in [-0.4, -0.2) is 36.3 Å². The third kappa shape index (κ3) is 6.40. The van der Waals surface area contributed by atoms with Gasteiger partial charge in [0.15, 0.2) is 6.61 Å². The molecule has 0 heterocycles. The molecule has 0 aliphatic heterocycles. The molecular formula is C17H16FN3O4. The first-order chi connectivity index (χ1) is 12.1. The molecule has 2 aromatic carbocycles. The molecule has 0 radical (unpaired) electrons. The molecule has 130 valence electrons. The number of nitrogens with zero attached hydrogens (tertiary/aromatic N) is 1. The maximum atomic E-state index is 12.8. The summed E-state index contributed by atoms with van der Waals surface area (Å²) in [6.07, 6.45) is 1.40. The molecule has 3 N–H and O–H groups in total. The molecule has 25 heavy (non-hydrogen) atoms. The van der Waals surface area contributed by atoms with Gasteiger partial charge in [0.05, 0.1) is 6.21 Å². The van der Waals surface area contributed by atoms with Crippen LogP contribution in [0.3, 0.4) is 0 Å². The zero-order valence-electron chi connectivity index (χ0n) is 13.1. The fourth-order valence-electron chi connectivity index (χ4n) is 1.74. The summed E-state index contributed by atoms with van der Waals surface area (Å²) in [6, 6.07) is 12.1. The van der Waals surface area contributed by atoms with Crippen molar-refractivity contribution in [2.24, 2.45) is 5.10 Å². The Bertz CT molecular complexity index is 745. The van der Waals surface area contributed by atoms with E-state index in [0.717, 1.165) is 0 Å². The Morgan fingerprint density at radius 3 is 2.40 bits per heavy atom. The highest BCUT2D eigenvalue weighted by molar-refractivity contribution is 5.91. The Balaban J connectivity index is 1.79. The number of aliphatic hydroxyl groups is 1. The van der Waals surface area contributed by atoms with Crippen molar-refractivity contribution in [2.75, 3.05) is 18.5 Å². The van der Waals surface area contributed by atoms with Crippen molar-refractivity contribution in [3.05, 3.63) is 59.9 Å². The Hall–Kier alpha value is -3.26. The van der Waals surface area contributed by atoms with Crippen LogP contribution in [0.2, 0.25) is 0 Å². The summed E-state index contributed by atoms with van der Waals surface area (Å²) in [7, 11) is 0. The van der Waals surface area contributed by atoms with Gasteiger partial charge in [-0.2, -0.15) is 5.10 Å². The smallest absolute Gasteiger partial charge is 0.265 e. The Labute approximate surface area is 143 Å². The van der Waals surface area contributed by atoms with E-state index in [-0.39, 0.29) is 18.3 Å². The summed E-state index contributed by atoms with van der Waals surface area (Å²) >= 11 is 0. The Kier molecular flexibility index (Phi) is 6.61. The summed E-state index contributed by atoms with van der Waals surface area (Å²) in [4.78, 5) is 22.6. The predicted octanol–water partition coefficient (Wildman–Crippen LogP) is 1.29. The molecule has 2 aromatic rings. The van der Waals surface area contributed by atoms with E-state index in [9.17, 15) is 14.0 Å².